The fraction of sp³-hybridized carbons (Fsp3) is 0.250. The lowest BCUT2D eigenvalue weighted by atomic mass is 9.88. The van der Waals surface area contributed by atoms with Crippen molar-refractivity contribution < 1.29 is 14.3 Å². The van der Waals surface area contributed by atoms with Gasteiger partial charge in [-0.2, -0.15) is 0 Å². The van der Waals surface area contributed by atoms with Crippen molar-refractivity contribution in [1.29, 1.82) is 0 Å². The Labute approximate surface area is 141 Å². The van der Waals surface area contributed by atoms with Gasteiger partial charge in [0.25, 0.3) is 0 Å². The summed E-state index contributed by atoms with van der Waals surface area (Å²) in [6.45, 7) is 0.254. The summed E-state index contributed by atoms with van der Waals surface area (Å²) in [4.78, 5) is 12.3. The number of amides is 1. The molecule has 1 N–H and O–H groups in total. The van der Waals surface area contributed by atoms with Crippen LogP contribution >= 0.6 is 0 Å². The van der Waals surface area contributed by atoms with Gasteiger partial charge in [0.15, 0.2) is 11.5 Å². The first-order chi connectivity index (χ1) is 11.8. The number of carbonyl (C=O) groups excluding carboxylic acids is 1. The minimum Gasteiger partial charge on any atom is -0.454 e. The maximum Gasteiger partial charge on any atom is 0.244 e. The van der Waals surface area contributed by atoms with Crippen LogP contribution in [-0.2, 0) is 11.2 Å². The number of carbonyl (C=O) groups is 1. The second-order valence-corrected chi connectivity index (χ2v) is 6.10. The zero-order valence-electron chi connectivity index (χ0n) is 13.3. The molecule has 0 spiro atoms. The Morgan fingerprint density at radius 1 is 1.12 bits per heavy atom. The average Bonchev–Trinajstić information content (AvgIpc) is 3.08. The summed E-state index contributed by atoms with van der Waals surface area (Å²) >= 11 is 0. The fourth-order valence-corrected chi connectivity index (χ4v) is 3.31. The van der Waals surface area contributed by atoms with Crippen LogP contribution in [-0.4, -0.2) is 12.7 Å². The lowest BCUT2D eigenvalue weighted by molar-refractivity contribution is -0.117. The quantitative estimate of drug-likeness (QED) is 0.878. The van der Waals surface area contributed by atoms with E-state index >= 15 is 0 Å². The third-order valence-electron chi connectivity index (χ3n) is 4.51. The smallest absolute Gasteiger partial charge is 0.244 e. The number of hydrogen-bond acceptors (Lipinski definition) is 3. The molecule has 4 nitrogen and oxygen atoms in total. The summed E-state index contributed by atoms with van der Waals surface area (Å²) in [6.07, 6.45) is 6.56. The van der Waals surface area contributed by atoms with Gasteiger partial charge in [-0.15, -0.1) is 0 Å². The second-order valence-electron chi connectivity index (χ2n) is 6.10. The standard InChI is InChI=1S/C20H19NO3/c22-20(11-9-14-8-10-18-19(12-14)24-13-23-18)21-17-7-3-5-15-4-1-2-6-16(15)17/h1-2,4,6,8-12,17H,3,5,7,13H2,(H,21,22)/b11-9-/t17-/m1/s1. The molecular weight excluding hydrogens is 302 g/mol. The van der Waals surface area contributed by atoms with E-state index in [1.54, 1.807) is 12.2 Å². The SMILES string of the molecule is O=C(/C=C\c1ccc2c(c1)OCO2)N[C@@H]1CCCc2ccccc21. The maximum atomic E-state index is 12.3. The Morgan fingerprint density at radius 3 is 2.96 bits per heavy atom. The average molecular weight is 321 g/mol. The molecule has 0 fully saturated rings. The first kappa shape index (κ1) is 14.8. The van der Waals surface area contributed by atoms with Crippen LogP contribution < -0.4 is 14.8 Å². The molecule has 4 rings (SSSR count). The summed E-state index contributed by atoms with van der Waals surface area (Å²) < 4.78 is 10.6. The van der Waals surface area contributed by atoms with Crippen molar-refractivity contribution >= 4 is 12.0 Å². The van der Waals surface area contributed by atoms with E-state index in [1.165, 1.54) is 11.1 Å². The van der Waals surface area contributed by atoms with Crippen LogP contribution in [0, 0.1) is 0 Å². The highest BCUT2D eigenvalue weighted by molar-refractivity contribution is 5.92. The molecule has 2 aromatic rings. The number of ether oxygens (including phenoxy) is 2. The third kappa shape index (κ3) is 3.00. The Bertz CT molecular complexity index is 797. The number of rotatable bonds is 3. The van der Waals surface area contributed by atoms with Gasteiger partial charge < -0.3 is 14.8 Å². The second kappa shape index (κ2) is 6.40. The van der Waals surface area contributed by atoms with E-state index in [0.717, 1.165) is 36.3 Å². The van der Waals surface area contributed by atoms with Gasteiger partial charge in [0.1, 0.15) is 0 Å². The lowest BCUT2D eigenvalue weighted by Crippen LogP contribution is -2.29. The van der Waals surface area contributed by atoms with E-state index in [4.69, 9.17) is 9.47 Å². The molecular formula is C20H19NO3. The van der Waals surface area contributed by atoms with Crippen molar-refractivity contribution in [2.24, 2.45) is 0 Å². The van der Waals surface area contributed by atoms with Crippen LogP contribution in [0.15, 0.2) is 48.5 Å². The first-order valence-corrected chi connectivity index (χ1v) is 8.25. The molecule has 1 aliphatic carbocycles. The zero-order valence-corrected chi connectivity index (χ0v) is 13.3. The summed E-state index contributed by atoms with van der Waals surface area (Å²) in [5.41, 5.74) is 3.50. The van der Waals surface area contributed by atoms with Crippen LogP contribution in [0.2, 0.25) is 0 Å². The van der Waals surface area contributed by atoms with Gasteiger partial charge in [0, 0.05) is 6.08 Å². The van der Waals surface area contributed by atoms with Crippen LogP contribution in [0.5, 0.6) is 11.5 Å². The molecule has 4 heteroatoms. The van der Waals surface area contributed by atoms with E-state index in [9.17, 15) is 4.79 Å². The van der Waals surface area contributed by atoms with Crippen molar-refractivity contribution in [3.8, 4) is 11.5 Å². The minimum absolute atomic E-state index is 0.0747. The van der Waals surface area contributed by atoms with Crippen LogP contribution in [0.3, 0.4) is 0 Å². The van der Waals surface area contributed by atoms with Crippen LogP contribution in [0.1, 0.15) is 35.6 Å². The molecule has 0 bridgehead atoms. The Kier molecular flexibility index (Phi) is 3.95. The molecule has 1 amide bonds. The van der Waals surface area contributed by atoms with E-state index in [-0.39, 0.29) is 18.7 Å². The molecule has 1 heterocycles. The van der Waals surface area contributed by atoms with Gasteiger partial charge in [0.2, 0.25) is 12.7 Å². The van der Waals surface area contributed by atoms with E-state index < -0.39 is 0 Å². The molecule has 0 radical (unpaired) electrons. The van der Waals surface area contributed by atoms with Crippen LogP contribution in [0.25, 0.3) is 6.08 Å². The largest absolute Gasteiger partial charge is 0.454 e. The van der Waals surface area contributed by atoms with Gasteiger partial charge in [0.05, 0.1) is 6.04 Å². The molecule has 0 unspecified atom stereocenters. The molecule has 2 aliphatic rings. The van der Waals surface area contributed by atoms with E-state index in [1.807, 2.05) is 24.3 Å². The van der Waals surface area contributed by atoms with Crippen LogP contribution in [0.4, 0.5) is 0 Å². The Hall–Kier alpha value is -2.75. The number of fused-ring (bicyclic) bond motifs is 2. The monoisotopic (exact) mass is 321 g/mol. The Balaban J connectivity index is 1.44. The lowest BCUT2D eigenvalue weighted by Gasteiger charge is -2.25. The van der Waals surface area contributed by atoms with Gasteiger partial charge in [-0.1, -0.05) is 30.3 Å². The van der Waals surface area contributed by atoms with Crippen molar-refractivity contribution in [3.63, 3.8) is 0 Å². The number of nitrogens with one attached hydrogen (secondary N) is 1. The predicted molar refractivity (Wildman–Crippen MR) is 91.9 cm³/mol. The number of hydrogen-bond donors (Lipinski definition) is 1. The van der Waals surface area contributed by atoms with Gasteiger partial charge in [-0.05, 0) is 54.2 Å². The van der Waals surface area contributed by atoms with Crippen molar-refractivity contribution in [2.45, 2.75) is 25.3 Å². The van der Waals surface area contributed by atoms with Crippen molar-refractivity contribution in [3.05, 3.63) is 65.2 Å². The molecule has 122 valence electrons. The number of benzene rings is 2. The summed E-state index contributed by atoms with van der Waals surface area (Å²) in [5, 5.41) is 3.12. The van der Waals surface area contributed by atoms with Gasteiger partial charge >= 0.3 is 0 Å². The first-order valence-electron chi connectivity index (χ1n) is 8.25. The molecule has 1 atom stereocenters. The maximum absolute atomic E-state index is 12.3. The topological polar surface area (TPSA) is 47.6 Å². The minimum atomic E-state index is -0.0747. The van der Waals surface area contributed by atoms with Crippen molar-refractivity contribution in [1.82, 2.24) is 5.32 Å². The highest BCUT2D eigenvalue weighted by Crippen LogP contribution is 2.33. The molecule has 2 aromatic carbocycles. The summed E-state index contributed by atoms with van der Waals surface area (Å²) in [7, 11) is 0. The van der Waals surface area contributed by atoms with E-state index in [2.05, 4.69) is 23.5 Å². The molecule has 1 aliphatic heterocycles. The number of aryl methyl sites for hydroxylation is 1. The summed E-state index contributed by atoms with van der Waals surface area (Å²) in [6, 6.07) is 14.1. The highest BCUT2D eigenvalue weighted by Gasteiger charge is 2.20. The molecule has 0 saturated heterocycles. The van der Waals surface area contributed by atoms with Crippen molar-refractivity contribution in [2.75, 3.05) is 6.79 Å². The third-order valence-corrected chi connectivity index (χ3v) is 4.51. The van der Waals surface area contributed by atoms with E-state index in [0.29, 0.717) is 0 Å². The summed E-state index contributed by atoms with van der Waals surface area (Å²) in [5.74, 6) is 1.39. The van der Waals surface area contributed by atoms with Gasteiger partial charge in [-0.3, -0.25) is 4.79 Å². The fourth-order valence-electron chi connectivity index (χ4n) is 3.31. The predicted octanol–water partition coefficient (Wildman–Crippen LogP) is 3.62. The highest BCUT2D eigenvalue weighted by atomic mass is 16.7. The zero-order chi connectivity index (χ0) is 16.4. The molecule has 0 saturated carbocycles. The molecule has 0 aromatic heterocycles. The Morgan fingerprint density at radius 2 is 2.00 bits per heavy atom. The normalized spacial score (nSPS) is 18.4. The van der Waals surface area contributed by atoms with Gasteiger partial charge in [-0.25, -0.2) is 0 Å². The molecule has 24 heavy (non-hydrogen) atoms.